The van der Waals surface area contributed by atoms with Gasteiger partial charge in [0.15, 0.2) is 0 Å². The molecule has 0 saturated heterocycles. The maximum Gasteiger partial charge on any atom is 0.0555 e. The predicted octanol–water partition coefficient (Wildman–Crippen LogP) is 3.81. The van der Waals surface area contributed by atoms with Crippen LogP contribution in [0, 0.1) is 5.92 Å². The van der Waals surface area contributed by atoms with Crippen LogP contribution in [0.1, 0.15) is 78.1 Å². The van der Waals surface area contributed by atoms with Crippen molar-refractivity contribution in [2.45, 2.75) is 90.2 Å². The van der Waals surface area contributed by atoms with E-state index in [9.17, 15) is 5.11 Å². The SMILES string of the molecule is CCCCCC(O)CC(CCCN(CCC)CC1CC1)NC. The van der Waals surface area contributed by atoms with Crippen LogP contribution in [0.5, 0.6) is 0 Å². The molecule has 1 aliphatic carbocycles. The Bertz CT molecular complexity index is 256. The van der Waals surface area contributed by atoms with Crippen molar-refractivity contribution in [2.24, 2.45) is 5.92 Å². The normalized spacial score (nSPS) is 17.9. The molecule has 0 spiro atoms. The van der Waals surface area contributed by atoms with Crippen LogP contribution in [0.25, 0.3) is 0 Å². The van der Waals surface area contributed by atoms with Gasteiger partial charge in [0.05, 0.1) is 6.10 Å². The summed E-state index contributed by atoms with van der Waals surface area (Å²) < 4.78 is 0. The summed E-state index contributed by atoms with van der Waals surface area (Å²) in [6, 6.07) is 0.473. The Hall–Kier alpha value is -0.120. The summed E-state index contributed by atoms with van der Waals surface area (Å²) in [5, 5.41) is 13.6. The summed E-state index contributed by atoms with van der Waals surface area (Å²) in [7, 11) is 2.04. The summed E-state index contributed by atoms with van der Waals surface area (Å²) in [6.45, 7) is 8.29. The van der Waals surface area contributed by atoms with Crippen LogP contribution in [-0.4, -0.2) is 48.8 Å². The maximum atomic E-state index is 10.1. The van der Waals surface area contributed by atoms with Gasteiger partial charge in [-0.3, -0.25) is 0 Å². The smallest absolute Gasteiger partial charge is 0.0555 e. The molecule has 3 heteroatoms. The molecule has 0 aliphatic heterocycles. The Morgan fingerprint density at radius 2 is 1.82 bits per heavy atom. The van der Waals surface area contributed by atoms with Gasteiger partial charge in [-0.2, -0.15) is 0 Å². The first-order valence-corrected chi connectivity index (χ1v) is 9.77. The molecule has 2 unspecified atom stereocenters. The number of hydrogen-bond acceptors (Lipinski definition) is 3. The quantitative estimate of drug-likeness (QED) is 0.451. The molecular weight excluding hydrogens is 272 g/mol. The molecule has 0 aromatic rings. The Labute approximate surface area is 138 Å². The van der Waals surface area contributed by atoms with E-state index in [0.29, 0.717) is 6.04 Å². The lowest BCUT2D eigenvalue weighted by molar-refractivity contribution is 0.134. The molecule has 0 radical (unpaired) electrons. The Kier molecular flexibility index (Phi) is 11.2. The van der Waals surface area contributed by atoms with Crippen molar-refractivity contribution in [1.82, 2.24) is 10.2 Å². The lowest BCUT2D eigenvalue weighted by atomic mass is 10.00. The first kappa shape index (κ1) is 19.9. The second kappa shape index (κ2) is 12.3. The lowest BCUT2D eigenvalue weighted by Crippen LogP contribution is -2.32. The minimum absolute atomic E-state index is 0.123. The fraction of sp³-hybridized carbons (Fsp3) is 1.00. The fourth-order valence-corrected chi connectivity index (χ4v) is 3.29. The molecule has 0 amide bonds. The van der Waals surface area contributed by atoms with E-state index in [1.165, 1.54) is 71.0 Å². The first-order chi connectivity index (χ1) is 10.7. The Balaban J connectivity index is 2.14. The van der Waals surface area contributed by atoms with E-state index in [4.69, 9.17) is 0 Å². The highest BCUT2D eigenvalue weighted by Gasteiger charge is 2.23. The minimum Gasteiger partial charge on any atom is -0.393 e. The molecule has 1 saturated carbocycles. The van der Waals surface area contributed by atoms with Gasteiger partial charge in [0.1, 0.15) is 0 Å². The summed E-state index contributed by atoms with van der Waals surface area (Å²) in [5.74, 6) is 0.993. The second-order valence-corrected chi connectivity index (χ2v) is 7.26. The van der Waals surface area contributed by atoms with Crippen LogP contribution >= 0.6 is 0 Å². The van der Waals surface area contributed by atoms with Crippen molar-refractivity contribution in [2.75, 3.05) is 26.7 Å². The molecule has 0 aromatic carbocycles. The van der Waals surface area contributed by atoms with Crippen molar-refractivity contribution < 1.29 is 5.11 Å². The third-order valence-corrected chi connectivity index (χ3v) is 4.89. The monoisotopic (exact) mass is 312 g/mol. The zero-order valence-corrected chi connectivity index (χ0v) is 15.3. The summed E-state index contributed by atoms with van der Waals surface area (Å²) >= 11 is 0. The van der Waals surface area contributed by atoms with Gasteiger partial charge >= 0.3 is 0 Å². The fourth-order valence-electron chi connectivity index (χ4n) is 3.29. The van der Waals surface area contributed by atoms with E-state index in [1.807, 2.05) is 7.05 Å². The molecule has 1 fully saturated rings. The number of aliphatic hydroxyl groups excluding tert-OH is 1. The molecule has 1 aliphatic rings. The van der Waals surface area contributed by atoms with E-state index in [0.717, 1.165) is 18.8 Å². The van der Waals surface area contributed by atoms with Crippen molar-refractivity contribution in [3.8, 4) is 0 Å². The molecule has 0 aromatic heterocycles. The highest BCUT2D eigenvalue weighted by molar-refractivity contribution is 4.78. The van der Waals surface area contributed by atoms with E-state index in [-0.39, 0.29) is 6.10 Å². The van der Waals surface area contributed by atoms with E-state index in [2.05, 4.69) is 24.1 Å². The lowest BCUT2D eigenvalue weighted by Gasteiger charge is -2.24. The molecule has 132 valence electrons. The molecule has 2 N–H and O–H groups in total. The van der Waals surface area contributed by atoms with Crippen molar-refractivity contribution in [3.63, 3.8) is 0 Å². The van der Waals surface area contributed by atoms with Crippen LogP contribution in [0.3, 0.4) is 0 Å². The number of unbranched alkanes of at least 4 members (excludes halogenated alkanes) is 2. The highest BCUT2D eigenvalue weighted by Crippen LogP contribution is 2.29. The van der Waals surface area contributed by atoms with Gasteiger partial charge in [-0.05, 0) is 71.0 Å². The zero-order valence-electron chi connectivity index (χ0n) is 15.3. The van der Waals surface area contributed by atoms with Crippen molar-refractivity contribution >= 4 is 0 Å². The third-order valence-electron chi connectivity index (χ3n) is 4.89. The van der Waals surface area contributed by atoms with Gasteiger partial charge in [0.2, 0.25) is 0 Å². The number of nitrogens with zero attached hydrogens (tertiary/aromatic N) is 1. The van der Waals surface area contributed by atoms with Crippen LogP contribution in [-0.2, 0) is 0 Å². The average molecular weight is 313 g/mol. The zero-order chi connectivity index (χ0) is 16.2. The van der Waals surface area contributed by atoms with E-state index >= 15 is 0 Å². The third kappa shape index (κ3) is 9.81. The maximum absolute atomic E-state index is 10.1. The van der Waals surface area contributed by atoms with Gasteiger partial charge in [-0.25, -0.2) is 0 Å². The Morgan fingerprint density at radius 1 is 1.05 bits per heavy atom. The Morgan fingerprint density at radius 3 is 2.41 bits per heavy atom. The number of nitrogens with one attached hydrogen (secondary N) is 1. The molecule has 2 atom stereocenters. The molecule has 22 heavy (non-hydrogen) atoms. The minimum atomic E-state index is -0.123. The van der Waals surface area contributed by atoms with Crippen LogP contribution < -0.4 is 5.32 Å². The molecule has 0 bridgehead atoms. The number of rotatable bonds is 15. The van der Waals surface area contributed by atoms with Gasteiger partial charge in [-0.1, -0.05) is 33.1 Å². The van der Waals surface area contributed by atoms with Gasteiger partial charge in [0, 0.05) is 12.6 Å². The van der Waals surface area contributed by atoms with E-state index < -0.39 is 0 Å². The van der Waals surface area contributed by atoms with Crippen LogP contribution in [0.15, 0.2) is 0 Å². The summed E-state index contributed by atoms with van der Waals surface area (Å²) in [5.41, 5.74) is 0. The standard InChI is InChI=1S/C19H40N2O/c1-4-6-7-10-19(22)15-18(20-3)9-8-14-21(13-5-2)16-17-11-12-17/h17-20,22H,4-16H2,1-3H3. The molecular formula is C19H40N2O. The van der Waals surface area contributed by atoms with Gasteiger partial charge < -0.3 is 15.3 Å². The van der Waals surface area contributed by atoms with Gasteiger partial charge in [0.25, 0.3) is 0 Å². The molecule has 0 heterocycles. The number of aliphatic hydroxyl groups is 1. The number of hydrogen-bond donors (Lipinski definition) is 2. The van der Waals surface area contributed by atoms with Crippen molar-refractivity contribution in [1.29, 1.82) is 0 Å². The van der Waals surface area contributed by atoms with Gasteiger partial charge in [-0.15, -0.1) is 0 Å². The molecule has 1 rings (SSSR count). The highest BCUT2D eigenvalue weighted by atomic mass is 16.3. The predicted molar refractivity (Wildman–Crippen MR) is 96.3 cm³/mol. The average Bonchev–Trinajstić information content (AvgIpc) is 3.30. The first-order valence-electron chi connectivity index (χ1n) is 9.77. The molecule has 3 nitrogen and oxygen atoms in total. The van der Waals surface area contributed by atoms with E-state index in [1.54, 1.807) is 0 Å². The van der Waals surface area contributed by atoms with Crippen LogP contribution in [0.2, 0.25) is 0 Å². The largest absolute Gasteiger partial charge is 0.393 e. The second-order valence-electron chi connectivity index (χ2n) is 7.26. The van der Waals surface area contributed by atoms with Crippen molar-refractivity contribution in [3.05, 3.63) is 0 Å². The summed E-state index contributed by atoms with van der Waals surface area (Å²) in [6.07, 6.45) is 12.0. The summed E-state index contributed by atoms with van der Waals surface area (Å²) in [4.78, 5) is 2.65. The van der Waals surface area contributed by atoms with Crippen LogP contribution in [0.4, 0.5) is 0 Å². The topological polar surface area (TPSA) is 35.5 Å².